The van der Waals surface area contributed by atoms with Crippen LogP contribution in [0.3, 0.4) is 0 Å². The van der Waals surface area contributed by atoms with Crippen LogP contribution in [0.4, 0.5) is 11.5 Å². The number of pyridine rings is 2. The molecule has 0 unspecified atom stereocenters. The number of amides is 1. The lowest BCUT2D eigenvalue weighted by Gasteiger charge is -2.23. The van der Waals surface area contributed by atoms with Gasteiger partial charge in [0.25, 0.3) is 5.91 Å². The Morgan fingerprint density at radius 3 is 2.52 bits per heavy atom. The van der Waals surface area contributed by atoms with Gasteiger partial charge in [0.2, 0.25) is 10.0 Å². The maximum Gasteiger partial charge on any atom is 0.254 e. The monoisotopic (exact) mass is 694 g/mol. The Bertz CT molecular complexity index is 2250. The van der Waals surface area contributed by atoms with Crippen LogP contribution in [0.5, 0.6) is 5.88 Å². The van der Waals surface area contributed by atoms with Crippen molar-refractivity contribution in [3.05, 3.63) is 71.9 Å². The smallest absolute Gasteiger partial charge is 0.254 e. The number of carbonyl (C=O) groups is 1. The first kappa shape index (κ1) is 31.4. The van der Waals surface area contributed by atoms with Crippen molar-refractivity contribution < 1.29 is 17.9 Å². The number of para-hydroxylation sites is 1. The number of sulfonamides is 1. The first-order chi connectivity index (χ1) is 24.2. The molecule has 9 rings (SSSR count). The number of fused-ring (bicyclic) bond motifs is 4. The van der Waals surface area contributed by atoms with E-state index in [0.29, 0.717) is 48.5 Å². The van der Waals surface area contributed by atoms with E-state index in [9.17, 15) is 13.2 Å². The van der Waals surface area contributed by atoms with Crippen LogP contribution in [0.25, 0.3) is 28.1 Å². The lowest BCUT2D eigenvalue weighted by atomic mass is 9.97. The number of rotatable bonds is 7. The number of carbonyl (C=O) groups excluding carboxylic acids is 1. The van der Waals surface area contributed by atoms with Crippen LogP contribution in [0, 0.1) is 12.8 Å². The lowest BCUT2D eigenvalue weighted by Crippen LogP contribution is -2.40. The van der Waals surface area contributed by atoms with Gasteiger partial charge in [-0.05, 0) is 81.3 Å². The molecule has 0 radical (unpaired) electrons. The molecule has 12 nitrogen and oxygen atoms in total. The van der Waals surface area contributed by atoms with Gasteiger partial charge in [0, 0.05) is 60.5 Å². The average Bonchev–Trinajstić information content (AvgIpc) is 3.51. The Morgan fingerprint density at radius 2 is 1.80 bits per heavy atom. The van der Waals surface area contributed by atoms with Gasteiger partial charge in [-0.15, -0.1) is 0 Å². The molecule has 1 aliphatic carbocycles. The SMILES string of the molecule is COc1cc(C(=O)N2[C@H]3CC[C@@H]2[C@H](N)C3)cc2nc(-c3cc4ccc(N5CCN(c6ccccc6)CCS5(=O)=O)nc4n3CC3CC3)c(C)n12. The molecule has 1 saturated carbocycles. The topological polar surface area (TPSA) is 131 Å². The molecule has 1 aromatic carbocycles. The summed E-state index contributed by atoms with van der Waals surface area (Å²) in [6, 6.07) is 19.8. The van der Waals surface area contributed by atoms with Gasteiger partial charge >= 0.3 is 0 Å². The van der Waals surface area contributed by atoms with E-state index in [1.165, 1.54) is 4.31 Å². The molecule has 2 N–H and O–H groups in total. The van der Waals surface area contributed by atoms with E-state index in [2.05, 4.69) is 15.5 Å². The lowest BCUT2D eigenvalue weighted by molar-refractivity contribution is 0.0726. The molecular weight excluding hydrogens is 653 g/mol. The van der Waals surface area contributed by atoms with Crippen molar-refractivity contribution >= 4 is 44.1 Å². The summed E-state index contributed by atoms with van der Waals surface area (Å²) in [5.41, 5.74) is 11.9. The predicted octanol–water partition coefficient (Wildman–Crippen LogP) is 4.44. The number of benzene rings is 1. The van der Waals surface area contributed by atoms with Gasteiger partial charge in [-0.3, -0.25) is 13.5 Å². The summed E-state index contributed by atoms with van der Waals surface area (Å²) in [5, 5.41) is 0.919. The van der Waals surface area contributed by atoms with Gasteiger partial charge in [-0.25, -0.2) is 18.4 Å². The third-order valence-corrected chi connectivity index (χ3v) is 12.9. The Balaban J connectivity index is 1.10. The Kier molecular flexibility index (Phi) is 7.36. The number of aryl methyl sites for hydroxylation is 1. The summed E-state index contributed by atoms with van der Waals surface area (Å²) in [6.45, 7) is 4.07. The molecule has 1 amide bonds. The number of ether oxygens (including phenoxy) is 1. The molecule has 3 aliphatic heterocycles. The van der Waals surface area contributed by atoms with Gasteiger partial charge in [0.05, 0.1) is 30.8 Å². The zero-order valence-corrected chi connectivity index (χ0v) is 29.2. The minimum atomic E-state index is -3.59. The first-order valence-electron chi connectivity index (χ1n) is 17.7. The molecule has 4 fully saturated rings. The number of aromatic nitrogens is 4. The summed E-state index contributed by atoms with van der Waals surface area (Å²) < 4.78 is 38.7. The summed E-state index contributed by atoms with van der Waals surface area (Å²) in [4.78, 5) is 28.1. The molecular formula is C37H42N8O4S. The van der Waals surface area contributed by atoms with E-state index >= 15 is 0 Å². The summed E-state index contributed by atoms with van der Waals surface area (Å²) in [7, 11) is -1.98. The van der Waals surface area contributed by atoms with Gasteiger partial charge < -0.3 is 24.8 Å². The highest BCUT2D eigenvalue weighted by Gasteiger charge is 2.47. The van der Waals surface area contributed by atoms with Crippen LogP contribution in [-0.2, 0) is 16.6 Å². The maximum absolute atomic E-state index is 13.9. The zero-order valence-electron chi connectivity index (χ0n) is 28.4. The van der Waals surface area contributed by atoms with Crippen molar-refractivity contribution in [2.75, 3.05) is 41.7 Å². The number of anilines is 2. The van der Waals surface area contributed by atoms with E-state index in [-0.39, 0.29) is 29.8 Å². The molecule has 13 heteroatoms. The second kappa shape index (κ2) is 11.7. The van der Waals surface area contributed by atoms with Crippen molar-refractivity contribution in [1.29, 1.82) is 0 Å². The van der Waals surface area contributed by atoms with E-state index in [4.69, 9.17) is 20.4 Å². The fourth-order valence-corrected chi connectivity index (χ4v) is 9.86. The standard InChI is InChI=1S/C37H42N8O4S/c1-23-35(39-33-19-26(20-34(49-2)44(23)33)37(46)45-28-11-12-30(45)29(38)21-28)31-18-25-10-13-32(40-36(25)42(31)22-24-8-9-24)43-15-14-41(16-17-50(43,47)48)27-6-4-3-5-7-27/h3-7,10,13,18-20,24,28-30H,8-9,11-12,14-17,21-22,38H2,1-2H3/t28-,29+,30+/m0/s1. The molecule has 260 valence electrons. The second-order valence-corrected chi connectivity index (χ2v) is 16.3. The van der Waals surface area contributed by atoms with E-state index in [1.807, 2.05) is 70.8 Å². The third-order valence-electron chi connectivity index (χ3n) is 11.2. The number of hydrogen-bond acceptors (Lipinski definition) is 8. The number of imidazole rings is 1. The molecule has 2 bridgehead atoms. The molecule has 3 saturated heterocycles. The van der Waals surface area contributed by atoms with E-state index in [0.717, 1.165) is 72.5 Å². The normalized spacial score (nSPS) is 23.3. The minimum absolute atomic E-state index is 0.00852. The predicted molar refractivity (Wildman–Crippen MR) is 193 cm³/mol. The largest absolute Gasteiger partial charge is 0.482 e. The number of hydrogen-bond donors (Lipinski definition) is 1. The number of nitrogens with two attached hydrogens (primary N) is 1. The Morgan fingerprint density at radius 1 is 0.980 bits per heavy atom. The molecule has 4 aliphatic rings. The van der Waals surface area contributed by atoms with Crippen molar-refractivity contribution in [3.63, 3.8) is 0 Å². The van der Waals surface area contributed by atoms with E-state index < -0.39 is 10.0 Å². The highest BCUT2D eigenvalue weighted by Crippen LogP contribution is 2.40. The third kappa shape index (κ3) is 5.12. The van der Waals surface area contributed by atoms with Crippen LogP contribution in [0.2, 0.25) is 0 Å². The van der Waals surface area contributed by atoms with Crippen LogP contribution in [0.1, 0.15) is 48.2 Å². The van der Waals surface area contributed by atoms with Crippen molar-refractivity contribution in [1.82, 2.24) is 23.8 Å². The highest BCUT2D eigenvalue weighted by atomic mass is 32.2. The first-order valence-corrected chi connectivity index (χ1v) is 19.3. The molecule has 50 heavy (non-hydrogen) atoms. The van der Waals surface area contributed by atoms with Crippen molar-refractivity contribution in [2.45, 2.75) is 63.7 Å². The molecule has 0 spiro atoms. The van der Waals surface area contributed by atoms with Crippen LogP contribution < -0.4 is 19.7 Å². The minimum Gasteiger partial charge on any atom is -0.482 e. The van der Waals surface area contributed by atoms with Gasteiger partial charge in [-0.1, -0.05) is 18.2 Å². The highest BCUT2D eigenvalue weighted by molar-refractivity contribution is 7.92. The summed E-state index contributed by atoms with van der Waals surface area (Å²) >= 11 is 0. The van der Waals surface area contributed by atoms with Crippen LogP contribution >= 0.6 is 0 Å². The molecule has 5 aromatic rings. The van der Waals surface area contributed by atoms with Gasteiger partial charge in [0.15, 0.2) is 5.88 Å². The van der Waals surface area contributed by atoms with Crippen LogP contribution in [-0.4, -0.2) is 88.8 Å². The quantitative estimate of drug-likeness (QED) is 0.265. The molecule has 4 aromatic heterocycles. The second-order valence-electron chi connectivity index (χ2n) is 14.3. The summed E-state index contributed by atoms with van der Waals surface area (Å²) in [6.07, 6.45) is 5.06. The summed E-state index contributed by atoms with van der Waals surface area (Å²) in [5.74, 6) is 1.48. The molecule has 7 heterocycles. The zero-order chi connectivity index (χ0) is 34.3. The fraction of sp³-hybridized carbons (Fsp3) is 0.432. The maximum atomic E-state index is 13.9. The van der Waals surface area contributed by atoms with Crippen molar-refractivity contribution in [2.24, 2.45) is 11.7 Å². The van der Waals surface area contributed by atoms with Gasteiger partial charge in [-0.2, -0.15) is 0 Å². The fourth-order valence-electron chi connectivity index (χ4n) is 8.44. The Labute approximate surface area is 291 Å². The Hall–Kier alpha value is -4.62. The van der Waals surface area contributed by atoms with Crippen LogP contribution in [0.15, 0.2) is 60.7 Å². The van der Waals surface area contributed by atoms with Crippen molar-refractivity contribution in [3.8, 4) is 17.3 Å². The van der Waals surface area contributed by atoms with Gasteiger partial charge in [0.1, 0.15) is 22.8 Å². The number of methoxy groups -OCH3 is 1. The average molecular weight is 695 g/mol. The number of nitrogens with zero attached hydrogens (tertiary/aromatic N) is 7. The van der Waals surface area contributed by atoms with E-state index in [1.54, 1.807) is 7.11 Å². The molecule has 3 atom stereocenters.